The van der Waals surface area contributed by atoms with E-state index in [-0.39, 0.29) is 44.6 Å². The highest BCUT2D eigenvalue weighted by atomic mass is 14.3. The van der Waals surface area contributed by atoms with Crippen LogP contribution in [-0.4, -0.2) is 0 Å². The van der Waals surface area contributed by atoms with Gasteiger partial charge in [-0.05, 0) is 233 Å². The van der Waals surface area contributed by atoms with Crippen molar-refractivity contribution < 1.29 is 0 Å². The fourth-order valence-corrected chi connectivity index (χ4v) is 16.6. The minimum absolute atomic E-state index is 0. The Kier molecular flexibility index (Phi) is 80.9. The fourth-order valence-electron chi connectivity index (χ4n) is 16.6. The molecule has 6 fully saturated rings. The molecule has 8 aliphatic rings. The van der Waals surface area contributed by atoms with Gasteiger partial charge >= 0.3 is 0 Å². The van der Waals surface area contributed by atoms with E-state index in [1.54, 1.807) is 16.7 Å². The Morgan fingerprint density at radius 3 is 0.723 bits per heavy atom. The van der Waals surface area contributed by atoms with Gasteiger partial charge in [-0.25, -0.2) is 0 Å². The highest BCUT2D eigenvalue weighted by Crippen LogP contribution is 2.37. The van der Waals surface area contributed by atoms with E-state index in [1.807, 2.05) is 13.8 Å². The standard InChI is InChI=1S/C13H18.C13H16.3C11H20.3C10H20.2C6H12.C5H12.6CH4/c2*1-10(2)7-11-8-12-5-3-4-6-13(12)9-11;3*1-9(2)10(3)11-7-5-4-6-8-11;3*1-9(2)8-10-6-4-3-5-7-10;2*1-5(2)6(3)4;1-4-5(2)3;;;;;;/h3-6,10-11H,7-9H2,1-2H3;3-6,8,10H,7,9H2,1-2H3;3*9,11H,3-8H2,1-2H3;3*9-10H,3-8H2,1-2H3;2*6H,1H2,2-4H3;5H,4H2,1-3H3;6*1H4. The third-order valence-electron chi connectivity index (χ3n) is 24.4. The molecule has 0 heterocycles. The van der Waals surface area contributed by atoms with Crippen molar-refractivity contribution in [2.24, 2.45) is 107 Å². The number of hydrogen-bond acceptors (Lipinski definition) is 0. The van der Waals surface area contributed by atoms with Crippen molar-refractivity contribution >= 4 is 6.08 Å². The van der Waals surface area contributed by atoms with E-state index in [0.29, 0.717) is 29.6 Å². The van der Waals surface area contributed by atoms with Crippen molar-refractivity contribution in [3.63, 3.8) is 0 Å². The van der Waals surface area contributed by atoms with Gasteiger partial charge in [0.1, 0.15) is 0 Å². The van der Waals surface area contributed by atoms with Crippen molar-refractivity contribution in [3.8, 4) is 0 Å². The SMILES string of the molecule is C.C.C.C.C.C.C=C(C(C)C)C1CCCCC1.C=C(C(C)C)C1CCCCC1.C=C(C(C)C)C1CCCCC1.C=C(C)C(C)C.C=C(C)C(C)C.CC(C)CC1=Cc2ccccc2C1.CC(C)CC1CCCCC1.CC(C)CC1CCCCC1.CC(C)CC1CCCCC1.CC(C)CC1Cc2ccccc2C1.CCC(C)C. The zero-order valence-electron chi connectivity index (χ0n) is 76.7. The first-order valence-corrected chi connectivity index (χ1v) is 46.3. The van der Waals surface area contributed by atoms with Crippen LogP contribution in [0, 0.1) is 107 Å². The summed E-state index contributed by atoms with van der Waals surface area (Å²) in [5.41, 5.74) is 14.7. The molecule has 0 atom stereocenters. The quantitative estimate of drug-likeness (QED) is 0.123. The van der Waals surface area contributed by atoms with Gasteiger partial charge in [0.25, 0.3) is 0 Å². The summed E-state index contributed by atoms with van der Waals surface area (Å²) in [5, 5.41) is 0. The molecular weight excluding hydrogens is 1350 g/mol. The van der Waals surface area contributed by atoms with Crippen LogP contribution in [0.15, 0.2) is 115 Å². The maximum absolute atomic E-state index is 4.18. The molecule has 2 aromatic carbocycles. The normalized spacial score (nSPS) is 17.0. The Morgan fingerprint density at radius 1 is 0.295 bits per heavy atom. The van der Waals surface area contributed by atoms with Gasteiger partial charge in [0.15, 0.2) is 0 Å². The van der Waals surface area contributed by atoms with Crippen LogP contribution in [0.3, 0.4) is 0 Å². The van der Waals surface area contributed by atoms with Gasteiger partial charge in [0.2, 0.25) is 0 Å². The van der Waals surface area contributed by atoms with Crippen LogP contribution in [0.1, 0.15) is 471 Å². The van der Waals surface area contributed by atoms with Gasteiger partial charge in [-0.3, -0.25) is 0 Å². The van der Waals surface area contributed by atoms with Crippen LogP contribution in [-0.2, 0) is 19.3 Å². The number of rotatable bonds is 19. The number of benzene rings is 2. The molecule has 0 amide bonds. The Hall–Kier alpha value is -3.12. The molecule has 0 bridgehead atoms. The second kappa shape index (κ2) is 74.2. The Labute approximate surface area is 713 Å². The minimum atomic E-state index is 0. The second-order valence-corrected chi connectivity index (χ2v) is 39.3. The van der Waals surface area contributed by atoms with Gasteiger partial charge in [0.05, 0.1) is 0 Å². The van der Waals surface area contributed by atoms with Gasteiger partial charge in [-0.1, -0.05) is 485 Å². The van der Waals surface area contributed by atoms with Crippen LogP contribution >= 0.6 is 0 Å². The van der Waals surface area contributed by atoms with Crippen molar-refractivity contribution in [2.45, 2.75) is 468 Å². The predicted octanol–water partition coefficient (Wildman–Crippen LogP) is 39.6. The van der Waals surface area contributed by atoms with Gasteiger partial charge in [0, 0.05) is 0 Å². The molecular formula is C112H214. The number of hydrogen-bond donors (Lipinski definition) is 0. The Bertz CT molecular complexity index is 2290. The second-order valence-electron chi connectivity index (χ2n) is 39.3. The van der Waals surface area contributed by atoms with Crippen LogP contribution in [0.5, 0.6) is 0 Å². The predicted molar refractivity (Wildman–Crippen MR) is 529 cm³/mol. The van der Waals surface area contributed by atoms with Gasteiger partial charge in [-0.15, -0.1) is 0 Å². The molecule has 0 saturated heterocycles. The molecule has 112 heavy (non-hydrogen) atoms. The molecule has 10 rings (SSSR count). The van der Waals surface area contributed by atoms with Crippen molar-refractivity contribution in [2.75, 3.05) is 0 Å². The van der Waals surface area contributed by atoms with Crippen molar-refractivity contribution in [1.82, 2.24) is 0 Å². The maximum Gasteiger partial charge on any atom is -0.00577 e. The van der Waals surface area contributed by atoms with Crippen LogP contribution in [0.2, 0.25) is 0 Å². The van der Waals surface area contributed by atoms with Crippen LogP contribution in [0.25, 0.3) is 6.08 Å². The molecule has 0 heteroatoms. The summed E-state index contributed by atoms with van der Waals surface area (Å²) in [6.07, 6.45) is 58.4. The molecule has 662 valence electrons. The summed E-state index contributed by atoms with van der Waals surface area (Å²) >= 11 is 0. The Balaban J connectivity index is -0.000000217. The fraction of sp³-hybridized carbons (Fsp3) is 0.786. The lowest BCUT2D eigenvalue weighted by Crippen LogP contribution is -2.11. The van der Waals surface area contributed by atoms with Crippen LogP contribution in [0.4, 0.5) is 0 Å². The van der Waals surface area contributed by atoms with Crippen molar-refractivity contribution in [3.05, 3.63) is 137 Å². The minimum Gasteiger partial charge on any atom is -0.0999 e. The van der Waals surface area contributed by atoms with Crippen LogP contribution < -0.4 is 0 Å². The smallest absolute Gasteiger partial charge is 0.00577 e. The molecule has 0 aromatic heterocycles. The van der Waals surface area contributed by atoms with E-state index in [1.165, 1.54) is 289 Å². The molecule has 2 aromatic rings. The van der Waals surface area contributed by atoms with Gasteiger partial charge in [-0.2, -0.15) is 0 Å². The lowest BCUT2D eigenvalue weighted by Gasteiger charge is -2.25. The highest BCUT2D eigenvalue weighted by molar-refractivity contribution is 5.63. The average Bonchev–Trinajstić information content (AvgIpc) is 1.71. The van der Waals surface area contributed by atoms with E-state index in [2.05, 4.69) is 247 Å². The summed E-state index contributed by atoms with van der Waals surface area (Å²) in [5.74, 6) is 15.4. The summed E-state index contributed by atoms with van der Waals surface area (Å²) in [6, 6.07) is 17.6. The highest BCUT2D eigenvalue weighted by Gasteiger charge is 2.24. The average molecular weight is 1560 g/mol. The van der Waals surface area contributed by atoms with Gasteiger partial charge < -0.3 is 0 Å². The molecule has 0 unspecified atom stereocenters. The lowest BCUT2D eigenvalue weighted by molar-refractivity contribution is 0.305. The third-order valence-corrected chi connectivity index (χ3v) is 24.4. The third kappa shape index (κ3) is 64.0. The maximum atomic E-state index is 4.18. The van der Waals surface area contributed by atoms with E-state index < -0.39 is 0 Å². The summed E-state index contributed by atoms with van der Waals surface area (Å²) < 4.78 is 0. The first-order valence-electron chi connectivity index (χ1n) is 46.3. The zero-order chi connectivity index (χ0) is 80.1. The van der Waals surface area contributed by atoms with Crippen molar-refractivity contribution in [1.29, 1.82) is 0 Å². The molecule has 6 saturated carbocycles. The first-order chi connectivity index (χ1) is 50.1. The zero-order valence-corrected chi connectivity index (χ0v) is 76.7. The van der Waals surface area contributed by atoms with E-state index >= 15 is 0 Å². The molecule has 0 radical (unpaired) electrons. The molecule has 0 nitrogen and oxygen atoms in total. The molecule has 0 N–H and O–H groups in total. The van der Waals surface area contributed by atoms with E-state index in [9.17, 15) is 0 Å². The largest absolute Gasteiger partial charge is 0.0999 e. The summed E-state index contributed by atoms with van der Waals surface area (Å²) in [7, 11) is 0. The Morgan fingerprint density at radius 2 is 0.518 bits per heavy atom. The number of allylic oxidation sites excluding steroid dienone is 6. The van der Waals surface area contributed by atoms with E-state index in [0.717, 1.165) is 76.9 Å². The first kappa shape index (κ1) is 122. The summed E-state index contributed by atoms with van der Waals surface area (Å²) in [4.78, 5) is 0. The lowest BCUT2D eigenvalue weighted by atomic mass is 9.80. The molecule has 0 spiro atoms. The molecule has 8 aliphatic carbocycles. The topological polar surface area (TPSA) is 0 Å². The van der Waals surface area contributed by atoms with E-state index in [4.69, 9.17) is 0 Å². The summed E-state index contributed by atoms with van der Waals surface area (Å²) in [6.45, 7) is 76.2. The monoisotopic (exact) mass is 1560 g/mol. The number of fused-ring (bicyclic) bond motifs is 2. The molecule has 0 aliphatic heterocycles.